The van der Waals surface area contributed by atoms with E-state index in [0.29, 0.717) is 10.7 Å². The molecule has 0 saturated carbocycles. The summed E-state index contributed by atoms with van der Waals surface area (Å²) in [6.45, 7) is 3.69. The highest BCUT2D eigenvalue weighted by atomic mass is 35.5. The Morgan fingerprint density at radius 3 is 2.89 bits per heavy atom. The Labute approximate surface area is 116 Å². The lowest BCUT2D eigenvalue weighted by Crippen LogP contribution is -2.12. The maximum absolute atomic E-state index is 5.88. The van der Waals surface area contributed by atoms with Crippen LogP contribution in [0, 0.1) is 0 Å². The molecule has 0 amide bonds. The third-order valence-corrected chi connectivity index (χ3v) is 4.10. The molecule has 0 aliphatic heterocycles. The molecule has 2 rings (SSSR count). The van der Waals surface area contributed by atoms with Crippen molar-refractivity contribution in [3.63, 3.8) is 0 Å². The van der Waals surface area contributed by atoms with Crippen molar-refractivity contribution in [1.29, 1.82) is 0 Å². The largest absolute Gasteiger partial charge is 0.398 e. The molecule has 0 atom stereocenters. The van der Waals surface area contributed by atoms with Crippen LogP contribution in [0.3, 0.4) is 0 Å². The van der Waals surface area contributed by atoms with Crippen molar-refractivity contribution in [3.05, 3.63) is 44.9 Å². The summed E-state index contributed by atoms with van der Waals surface area (Å²) in [7, 11) is 0. The summed E-state index contributed by atoms with van der Waals surface area (Å²) < 4.78 is 0. The smallest absolute Gasteiger partial charge is 0.107 e. The summed E-state index contributed by atoms with van der Waals surface area (Å²) in [4.78, 5) is 5.68. The number of nitrogens with two attached hydrogens (primary N) is 1. The number of aryl methyl sites for hydroxylation is 1. The zero-order chi connectivity index (χ0) is 13.0. The summed E-state index contributed by atoms with van der Waals surface area (Å²) in [6, 6.07) is 5.70. The molecule has 0 spiro atoms. The second-order valence-electron chi connectivity index (χ2n) is 4.03. The van der Waals surface area contributed by atoms with Gasteiger partial charge in [-0.05, 0) is 24.1 Å². The number of nitrogen functional groups attached to an aromatic ring is 1. The Morgan fingerprint density at radius 1 is 1.39 bits per heavy atom. The highest BCUT2D eigenvalue weighted by Crippen LogP contribution is 2.19. The van der Waals surface area contributed by atoms with Gasteiger partial charge >= 0.3 is 0 Å². The number of benzene rings is 1. The molecule has 0 fully saturated rings. The fraction of sp³-hybridized carbons (Fsp3) is 0.308. The van der Waals surface area contributed by atoms with E-state index in [1.165, 1.54) is 4.88 Å². The monoisotopic (exact) mass is 281 g/mol. The topological polar surface area (TPSA) is 50.9 Å². The highest BCUT2D eigenvalue weighted by Gasteiger charge is 2.01. The van der Waals surface area contributed by atoms with Crippen molar-refractivity contribution >= 4 is 28.6 Å². The van der Waals surface area contributed by atoms with Crippen molar-refractivity contribution in [2.24, 2.45) is 0 Å². The molecule has 0 radical (unpaired) electrons. The Bertz CT molecular complexity index is 525. The first-order valence-electron chi connectivity index (χ1n) is 5.87. The van der Waals surface area contributed by atoms with Gasteiger partial charge in [0, 0.05) is 24.2 Å². The number of anilines is 1. The lowest BCUT2D eigenvalue weighted by atomic mass is 10.2. The van der Waals surface area contributed by atoms with Crippen LogP contribution in [-0.4, -0.2) is 4.98 Å². The average molecular weight is 282 g/mol. The Morgan fingerprint density at radius 2 is 2.22 bits per heavy atom. The van der Waals surface area contributed by atoms with Gasteiger partial charge in [0.2, 0.25) is 0 Å². The highest BCUT2D eigenvalue weighted by molar-refractivity contribution is 7.11. The van der Waals surface area contributed by atoms with Gasteiger partial charge in [-0.25, -0.2) is 4.98 Å². The summed E-state index contributed by atoms with van der Waals surface area (Å²) in [5, 5.41) is 5.07. The van der Waals surface area contributed by atoms with Gasteiger partial charge in [-0.1, -0.05) is 24.6 Å². The molecule has 1 aromatic heterocycles. The van der Waals surface area contributed by atoms with E-state index >= 15 is 0 Å². The maximum atomic E-state index is 5.88. The number of nitrogens with zero attached hydrogens (tertiary/aromatic N) is 1. The number of rotatable bonds is 5. The van der Waals surface area contributed by atoms with E-state index in [2.05, 4.69) is 17.2 Å². The number of hydrogen-bond donors (Lipinski definition) is 2. The molecule has 0 saturated heterocycles. The minimum atomic E-state index is 0.603. The molecule has 1 aromatic carbocycles. The lowest BCUT2D eigenvalue weighted by molar-refractivity contribution is 0.690. The first-order chi connectivity index (χ1) is 8.69. The Balaban J connectivity index is 1.86. The van der Waals surface area contributed by atoms with Crippen molar-refractivity contribution in [1.82, 2.24) is 10.3 Å². The van der Waals surface area contributed by atoms with Crippen molar-refractivity contribution < 1.29 is 0 Å². The van der Waals surface area contributed by atoms with Gasteiger partial charge in [0.05, 0.1) is 10.7 Å². The van der Waals surface area contributed by atoms with E-state index in [4.69, 9.17) is 17.3 Å². The van der Waals surface area contributed by atoms with Crippen molar-refractivity contribution in [2.75, 3.05) is 5.73 Å². The molecule has 18 heavy (non-hydrogen) atoms. The molecule has 2 aromatic rings. The van der Waals surface area contributed by atoms with E-state index in [9.17, 15) is 0 Å². The molecule has 0 aliphatic rings. The standard InChI is InChI=1S/C13H16ClN3S/c1-2-10-7-17-13(18-10)8-16-6-9-3-4-11(14)12(15)5-9/h3-5,7,16H,2,6,8,15H2,1H3. The van der Waals surface area contributed by atoms with Crippen LogP contribution in [0.25, 0.3) is 0 Å². The molecular formula is C13H16ClN3S. The van der Waals surface area contributed by atoms with Crippen LogP contribution in [0.1, 0.15) is 22.4 Å². The second kappa shape index (κ2) is 6.18. The van der Waals surface area contributed by atoms with Crippen LogP contribution in [0.15, 0.2) is 24.4 Å². The minimum absolute atomic E-state index is 0.603. The number of hydrogen-bond acceptors (Lipinski definition) is 4. The molecule has 0 aliphatic carbocycles. The van der Waals surface area contributed by atoms with Crippen LogP contribution >= 0.6 is 22.9 Å². The van der Waals surface area contributed by atoms with E-state index in [1.54, 1.807) is 11.3 Å². The molecule has 5 heteroatoms. The maximum Gasteiger partial charge on any atom is 0.107 e. The normalized spacial score (nSPS) is 10.8. The predicted molar refractivity (Wildman–Crippen MR) is 77.9 cm³/mol. The molecule has 1 heterocycles. The lowest BCUT2D eigenvalue weighted by Gasteiger charge is -2.05. The van der Waals surface area contributed by atoms with Crippen LogP contribution in [0.2, 0.25) is 5.02 Å². The van der Waals surface area contributed by atoms with E-state index in [0.717, 1.165) is 30.1 Å². The first-order valence-corrected chi connectivity index (χ1v) is 7.06. The predicted octanol–water partition coefficient (Wildman–Crippen LogP) is 3.23. The zero-order valence-corrected chi connectivity index (χ0v) is 11.8. The van der Waals surface area contributed by atoms with Crippen LogP contribution in [-0.2, 0) is 19.5 Å². The van der Waals surface area contributed by atoms with Gasteiger partial charge in [-0.15, -0.1) is 11.3 Å². The van der Waals surface area contributed by atoms with Crippen molar-refractivity contribution in [2.45, 2.75) is 26.4 Å². The van der Waals surface area contributed by atoms with Gasteiger partial charge in [-0.2, -0.15) is 0 Å². The second-order valence-corrected chi connectivity index (χ2v) is 5.64. The average Bonchev–Trinajstić information content (AvgIpc) is 2.82. The number of thiazole rings is 1. The fourth-order valence-corrected chi connectivity index (χ4v) is 2.56. The fourth-order valence-electron chi connectivity index (χ4n) is 1.61. The van der Waals surface area contributed by atoms with E-state index in [1.807, 2.05) is 24.4 Å². The van der Waals surface area contributed by atoms with Crippen molar-refractivity contribution in [3.8, 4) is 0 Å². The van der Waals surface area contributed by atoms with Crippen LogP contribution in [0.5, 0.6) is 0 Å². The number of halogens is 1. The number of aromatic nitrogens is 1. The summed E-state index contributed by atoms with van der Waals surface area (Å²) in [5.74, 6) is 0. The quantitative estimate of drug-likeness (QED) is 0.828. The molecule has 3 nitrogen and oxygen atoms in total. The van der Waals surface area contributed by atoms with Gasteiger partial charge in [0.25, 0.3) is 0 Å². The summed E-state index contributed by atoms with van der Waals surface area (Å²) in [5.41, 5.74) is 7.51. The molecule has 0 bridgehead atoms. The molecule has 96 valence electrons. The molecular weight excluding hydrogens is 266 g/mol. The third kappa shape index (κ3) is 3.45. The van der Waals surface area contributed by atoms with Gasteiger partial charge in [-0.3, -0.25) is 0 Å². The Hall–Kier alpha value is -1.10. The third-order valence-electron chi connectivity index (χ3n) is 2.62. The zero-order valence-electron chi connectivity index (χ0n) is 10.2. The summed E-state index contributed by atoms with van der Waals surface area (Å²) in [6.07, 6.45) is 2.99. The molecule has 3 N–H and O–H groups in total. The van der Waals surface area contributed by atoms with Gasteiger partial charge < -0.3 is 11.1 Å². The van der Waals surface area contributed by atoms with Crippen LogP contribution < -0.4 is 11.1 Å². The number of nitrogens with one attached hydrogen (secondary N) is 1. The van der Waals surface area contributed by atoms with Gasteiger partial charge in [0.15, 0.2) is 0 Å². The van der Waals surface area contributed by atoms with E-state index in [-0.39, 0.29) is 0 Å². The van der Waals surface area contributed by atoms with Crippen LogP contribution in [0.4, 0.5) is 5.69 Å². The first kappa shape index (κ1) is 13.3. The Kier molecular flexibility index (Phi) is 4.58. The SMILES string of the molecule is CCc1cnc(CNCc2ccc(Cl)c(N)c2)s1. The van der Waals surface area contributed by atoms with E-state index < -0.39 is 0 Å². The minimum Gasteiger partial charge on any atom is -0.398 e. The molecule has 0 unspecified atom stereocenters. The van der Waals surface area contributed by atoms with Gasteiger partial charge in [0.1, 0.15) is 5.01 Å². The summed E-state index contributed by atoms with van der Waals surface area (Å²) >= 11 is 7.63.